The fourth-order valence-electron chi connectivity index (χ4n) is 5.22. The van der Waals surface area contributed by atoms with Gasteiger partial charge in [-0.2, -0.15) is 0 Å². The molecule has 5 nitrogen and oxygen atoms in total. The number of aliphatic hydroxyl groups excluding tert-OH is 1. The summed E-state index contributed by atoms with van der Waals surface area (Å²) in [6, 6.07) is 6.01. The van der Waals surface area contributed by atoms with E-state index >= 15 is 0 Å². The van der Waals surface area contributed by atoms with Crippen LogP contribution in [0.3, 0.4) is 0 Å². The summed E-state index contributed by atoms with van der Waals surface area (Å²) in [6.07, 6.45) is 9.58. The molecule has 152 valence electrons. The molecule has 1 atom stereocenters. The molecule has 5 rings (SSSR count). The number of halogens is 1. The van der Waals surface area contributed by atoms with Gasteiger partial charge >= 0.3 is 0 Å². The van der Waals surface area contributed by atoms with E-state index in [0.717, 1.165) is 27.0 Å². The average Bonchev–Trinajstić information content (AvgIpc) is 3.01. The molecule has 0 aliphatic heterocycles. The number of nitrogens with one attached hydrogen (secondary N) is 2. The number of hydrogen-bond donors (Lipinski definition) is 3. The zero-order valence-electron chi connectivity index (χ0n) is 16.5. The van der Waals surface area contributed by atoms with Gasteiger partial charge in [0.15, 0.2) is 0 Å². The second-order valence-corrected chi connectivity index (χ2v) is 9.60. The Morgan fingerprint density at radius 1 is 1.32 bits per heavy atom. The molecule has 3 aliphatic carbocycles. The van der Waals surface area contributed by atoms with Crippen molar-refractivity contribution >= 4 is 38.4 Å². The molecule has 2 aromatic rings. The number of aromatic nitrogens is 1. The normalized spacial score (nSPS) is 25.2. The highest BCUT2D eigenvalue weighted by molar-refractivity contribution is 9.10. The maximum absolute atomic E-state index is 13.0. The molecule has 1 heterocycles. The molecule has 3 fully saturated rings. The number of nitrogens with zero attached hydrogens (tertiary/aromatic N) is 1. The predicted molar refractivity (Wildman–Crippen MR) is 116 cm³/mol. The SMILES string of the molecule is CNCC(O)Cn1cc(NC(=O)CC23CCC(CC2)CC3)c2c(Br)cccc21. The van der Waals surface area contributed by atoms with Crippen molar-refractivity contribution in [2.45, 2.75) is 57.6 Å². The number of amides is 1. The molecule has 1 unspecified atom stereocenters. The lowest BCUT2D eigenvalue weighted by molar-refractivity contribution is -0.120. The number of fused-ring (bicyclic) bond motifs is 4. The highest BCUT2D eigenvalue weighted by Crippen LogP contribution is 2.52. The van der Waals surface area contributed by atoms with Gasteiger partial charge in [0.1, 0.15) is 0 Å². The Kier molecular flexibility index (Phi) is 5.81. The Hall–Kier alpha value is -1.37. The van der Waals surface area contributed by atoms with Gasteiger partial charge in [-0.05, 0) is 69.0 Å². The number of hydrogen-bond acceptors (Lipinski definition) is 3. The first-order chi connectivity index (χ1) is 13.5. The minimum absolute atomic E-state index is 0.117. The third kappa shape index (κ3) is 4.00. The molecule has 1 aromatic heterocycles. The number of aliphatic hydroxyl groups is 1. The summed E-state index contributed by atoms with van der Waals surface area (Å²) in [5.74, 6) is 1.02. The zero-order chi connectivity index (χ0) is 19.7. The van der Waals surface area contributed by atoms with Gasteiger partial charge in [-0.15, -0.1) is 0 Å². The summed E-state index contributed by atoms with van der Waals surface area (Å²) < 4.78 is 2.99. The molecular weight excluding hydrogens is 418 g/mol. The van der Waals surface area contributed by atoms with E-state index in [1.54, 1.807) is 0 Å². The van der Waals surface area contributed by atoms with Crippen molar-refractivity contribution in [3.8, 4) is 0 Å². The van der Waals surface area contributed by atoms with Crippen LogP contribution in [0, 0.1) is 11.3 Å². The van der Waals surface area contributed by atoms with Crippen molar-refractivity contribution in [3.05, 3.63) is 28.9 Å². The molecule has 0 spiro atoms. The molecule has 3 saturated carbocycles. The first-order valence-corrected chi connectivity index (χ1v) is 11.2. The zero-order valence-corrected chi connectivity index (χ0v) is 18.1. The summed E-state index contributed by atoms with van der Waals surface area (Å²) in [5, 5.41) is 17.4. The Morgan fingerprint density at radius 2 is 2.04 bits per heavy atom. The van der Waals surface area contributed by atoms with Crippen molar-refractivity contribution in [1.82, 2.24) is 9.88 Å². The number of benzene rings is 1. The van der Waals surface area contributed by atoms with Crippen LogP contribution in [-0.4, -0.2) is 35.3 Å². The molecule has 1 amide bonds. The maximum Gasteiger partial charge on any atom is 0.224 e. The van der Waals surface area contributed by atoms with Crippen molar-refractivity contribution < 1.29 is 9.90 Å². The van der Waals surface area contributed by atoms with Gasteiger partial charge in [0.05, 0.1) is 17.3 Å². The summed E-state index contributed by atoms with van der Waals surface area (Å²) >= 11 is 3.64. The van der Waals surface area contributed by atoms with Gasteiger partial charge in [0.25, 0.3) is 0 Å². The number of anilines is 1. The first-order valence-electron chi connectivity index (χ1n) is 10.4. The van der Waals surface area contributed by atoms with E-state index < -0.39 is 6.10 Å². The molecule has 2 bridgehead atoms. The molecule has 3 aliphatic rings. The van der Waals surface area contributed by atoms with E-state index in [1.165, 1.54) is 38.5 Å². The lowest BCUT2D eigenvalue weighted by atomic mass is 9.59. The highest BCUT2D eigenvalue weighted by atomic mass is 79.9. The smallest absolute Gasteiger partial charge is 0.224 e. The second-order valence-electron chi connectivity index (χ2n) is 8.75. The fraction of sp³-hybridized carbons (Fsp3) is 0.591. The van der Waals surface area contributed by atoms with Crippen LogP contribution in [-0.2, 0) is 11.3 Å². The van der Waals surface area contributed by atoms with Crippen molar-refractivity contribution in [2.75, 3.05) is 18.9 Å². The van der Waals surface area contributed by atoms with Crippen LogP contribution in [0.4, 0.5) is 5.69 Å². The van der Waals surface area contributed by atoms with Gasteiger partial charge in [-0.3, -0.25) is 4.79 Å². The van der Waals surface area contributed by atoms with E-state index in [1.807, 2.05) is 36.0 Å². The van der Waals surface area contributed by atoms with E-state index in [2.05, 4.69) is 26.6 Å². The van der Waals surface area contributed by atoms with Crippen molar-refractivity contribution in [1.29, 1.82) is 0 Å². The summed E-state index contributed by atoms with van der Waals surface area (Å²) in [5.41, 5.74) is 2.05. The van der Waals surface area contributed by atoms with E-state index in [4.69, 9.17) is 0 Å². The van der Waals surface area contributed by atoms with Crippen LogP contribution in [0.1, 0.15) is 44.9 Å². The number of likely N-dealkylation sites (N-methyl/N-ethyl adjacent to an activating group) is 1. The van der Waals surface area contributed by atoms with Crippen LogP contribution in [0.15, 0.2) is 28.9 Å². The van der Waals surface area contributed by atoms with Gasteiger partial charge in [0.2, 0.25) is 5.91 Å². The van der Waals surface area contributed by atoms with Gasteiger partial charge in [0, 0.05) is 35.6 Å². The van der Waals surface area contributed by atoms with Crippen molar-refractivity contribution in [3.63, 3.8) is 0 Å². The molecule has 0 saturated heterocycles. The Labute approximate surface area is 175 Å². The standard InChI is InChI=1S/C22H30BrN3O2/c1-24-12-16(27)13-26-14-18(21-17(23)3-2-4-19(21)26)25-20(28)11-22-8-5-15(6-9-22)7-10-22/h2-4,14-16,24,27H,5-13H2,1H3,(H,25,28). The summed E-state index contributed by atoms with van der Waals surface area (Å²) in [7, 11) is 1.83. The van der Waals surface area contributed by atoms with E-state index in [0.29, 0.717) is 19.5 Å². The predicted octanol–water partition coefficient (Wildman–Crippen LogP) is 4.28. The largest absolute Gasteiger partial charge is 0.390 e. The molecule has 1 aromatic carbocycles. The van der Waals surface area contributed by atoms with E-state index in [9.17, 15) is 9.90 Å². The van der Waals surface area contributed by atoms with Crippen molar-refractivity contribution in [2.24, 2.45) is 11.3 Å². The molecular formula is C22H30BrN3O2. The fourth-order valence-corrected chi connectivity index (χ4v) is 5.79. The second kappa shape index (κ2) is 8.17. The summed E-state index contributed by atoms with van der Waals surface area (Å²) in [4.78, 5) is 13.0. The van der Waals surface area contributed by atoms with Crippen LogP contribution >= 0.6 is 15.9 Å². The molecule has 6 heteroatoms. The van der Waals surface area contributed by atoms with E-state index in [-0.39, 0.29) is 11.3 Å². The monoisotopic (exact) mass is 447 g/mol. The molecule has 3 N–H and O–H groups in total. The number of rotatable bonds is 7. The summed E-state index contributed by atoms with van der Waals surface area (Å²) in [6.45, 7) is 1.01. The highest BCUT2D eigenvalue weighted by Gasteiger charge is 2.41. The number of carbonyl (C=O) groups is 1. The van der Waals surface area contributed by atoms with Crippen LogP contribution in [0.5, 0.6) is 0 Å². The average molecular weight is 448 g/mol. The molecule has 28 heavy (non-hydrogen) atoms. The first kappa shape index (κ1) is 19.9. The maximum atomic E-state index is 13.0. The third-order valence-electron chi connectivity index (χ3n) is 6.76. The van der Waals surface area contributed by atoms with Gasteiger partial charge < -0.3 is 20.3 Å². The minimum atomic E-state index is -0.487. The lowest BCUT2D eigenvalue weighted by Gasteiger charge is -2.46. The Morgan fingerprint density at radius 3 is 2.71 bits per heavy atom. The Balaban J connectivity index is 1.55. The number of carbonyl (C=O) groups excluding carboxylic acids is 1. The van der Waals surface area contributed by atoms with Gasteiger partial charge in [-0.1, -0.05) is 22.0 Å². The van der Waals surface area contributed by atoms with Crippen LogP contribution < -0.4 is 10.6 Å². The molecule has 0 radical (unpaired) electrons. The van der Waals surface area contributed by atoms with Gasteiger partial charge in [-0.25, -0.2) is 0 Å². The topological polar surface area (TPSA) is 66.3 Å². The van der Waals surface area contributed by atoms with Crippen LogP contribution in [0.2, 0.25) is 0 Å². The quantitative estimate of drug-likeness (QED) is 0.592. The Bertz CT molecular complexity index is 841. The lowest BCUT2D eigenvalue weighted by Crippen LogP contribution is -2.37. The third-order valence-corrected chi connectivity index (χ3v) is 7.42. The minimum Gasteiger partial charge on any atom is -0.390 e. The van der Waals surface area contributed by atoms with Crippen LogP contribution in [0.25, 0.3) is 10.9 Å².